The standard InChI is InChI=1S/C9H19NO.C9H19N.C8H18N2.2C8H17N.C8H16O.2C8H14O.C7H15NO.8CH4/c1-8(2)10-5-3-9(7-11)4-6-10;2*1-8(2)10-6-4-9(3)5-7-10;1-7(2)9-5-4-8(3)6-9;1-8(2)9-6-4-3-5-7-9;4*1-7(2)8-3-5-9-6-4-8;;;;;;;;/h8-9,11H,3-7H2,1-2H3;8-9H,4-7H2,1-3H3;8H,4-7H2,1-3H3;7-8H,4-6H2,1-3H3;8H,3-7H2,1-2H3;7-8H,3-6H2,1-2H3;3,7H,4-6H2,1-2H3;3,5,7-8H,4,6H2,1-2H3;7H,3-6H2,1-2H3;8*1H4. The van der Waals surface area contributed by atoms with Crippen molar-refractivity contribution in [3.63, 3.8) is 0 Å². The number of piperazine rings is 1. The third kappa shape index (κ3) is 53.4. The minimum atomic E-state index is 0. The summed E-state index contributed by atoms with van der Waals surface area (Å²) in [4.78, 5) is 17.5. The summed E-state index contributed by atoms with van der Waals surface area (Å²) in [5.74, 6) is 6.50. The van der Waals surface area contributed by atoms with Crippen LogP contribution in [0.3, 0.4) is 0 Å². The lowest BCUT2D eigenvalue weighted by molar-refractivity contribution is 0.0238. The average Bonchev–Trinajstić information content (AvgIpc) is 3.26. The third-order valence-electron chi connectivity index (χ3n) is 19.3. The first kappa shape index (κ1) is 108. The second-order valence-electron chi connectivity index (χ2n) is 29.3. The number of aliphatic hydroxyl groups excluding tert-OH is 1. The molecule has 0 radical (unpaired) electrons. The summed E-state index contributed by atoms with van der Waals surface area (Å²) >= 11 is 0. The van der Waals surface area contributed by atoms with E-state index >= 15 is 0 Å². The Morgan fingerprint density at radius 3 is 1.12 bits per heavy atom. The van der Waals surface area contributed by atoms with Crippen molar-refractivity contribution in [1.82, 2.24) is 34.3 Å². The van der Waals surface area contributed by atoms with E-state index in [2.05, 4.69) is 192 Å². The zero-order chi connectivity index (χ0) is 63.7. The topological polar surface area (TPSA) is 79.8 Å². The number of piperidine rings is 3. The summed E-state index contributed by atoms with van der Waals surface area (Å²) in [6.07, 6.45) is 21.9. The Morgan fingerprint density at radius 2 is 0.817 bits per heavy atom. The van der Waals surface area contributed by atoms with Crippen LogP contribution in [-0.4, -0.2) is 227 Å². The van der Waals surface area contributed by atoms with Gasteiger partial charge >= 0.3 is 0 Å². The van der Waals surface area contributed by atoms with E-state index in [1.165, 1.54) is 149 Å². The van der Waals surface area contributed by atoms with Gasteiger partial charge in [-0.1, -0.05) is 133 Å². The highest BCUT2D eigenvalue weighted by Crippen LogP contribution is 2.24. The maximum atomic E-state index is 8.90. The van der Waals surface area contributed by atoms with Gasteiger partial charge in [0.2, 0.25) is 0 Å². The Kier molecular flexibility index (Phi) is 75.9. The van der Waals surface area contributed by atoms with Crippen LogP contribution in [0.1, 0.15) is 275 Å². The molecule has 9 heterocycles. The fourth-order valence-corrected chi connectivity index (χ4v) is 12.0. The van der Waals surface area contributed by atoms with Gasteiger partial charge in [-0.05, 0) is 260 Å². The highest BCUT2D eigenvalue weighted by atomic mass is 16.5. The number of rotatable bonds is 10. The van der Waals surface area contributed by atoms with E-state index in [1.807, 2.05) is 6.26 Å². The van der Waals surface area contributed by atoms with Crippen LogP contribution in [0.5, 0.6) is 0 Å². The van der Waals surface area contributed by atoms with Gasteiger partial charge in [0.25, 0.3) is 0 Å². The summed E-state index contributed by atoms with van der Waals surface area (Å²) in [7, 11) is 2.19. The zero-order valence-electron chi connectivity index (χ0n) is 60.6. The number of aliphatic hydroxyl groups is 1. The second kappa shape index (κ2) is 65.5. The molecule has 0 aliphatic carbocycles. The van der Waals surface area contributed by atoms with Gasteiger partial charge < -0.3 is 48.6 Å². The molecule has 12 heteroatoms. The molecule has 0 amide bonds. The SMILES string of the molecule is C.C.C.C.C.C.C.C.CC(C)C1=CCOCC1.CC(C)C1C=COCC1.CC(C)C1CCOCC1.CC(C)N1CCC(CO)CC1.CC(C)N1CCCCC1.CC(C)N1CCN(C)CC1.CC(C)N1CCOCC1.CC1CCN(C(C)C)C1.CC1CCN(C(C)C)CC1. The first-order valence-electron chi connectivity index (χ1n) is 35.8. The second-order valence-corrected chi connectivity index (χ2v) is 29.3. The third-order valence-corrected chi connectivity index (χ3v) is 19.3. The molecule has 0 aromatic rings. The van der Waals surface area contributed by atoms with E-state index < -0.39 is 0 Å². The van der Waals surface area contributed by atoms with Gasteiger partial charge in [-0.3, -0.25) is 9.80 Å². The van der Waals surface area contributed by atoms with Gasteiger partial charge in [0.05, 0.1) is 39.3 Å². The maximum absolute atomic E-state index is 8.90. The number of morpholine rings is 1. The number of hydrogen-bond donors (Lipinski definition) is 1. The molecule has 12 nitrogen and oxygen atoms in total. The molecule has 0 spiro atoms. The molecule has 0 saturated carbocycles. The van der Waals surface area contributed by atoms with Crippen molar-refractivity contribution in [2.24, 2.45) is 47.3 Å². The Hall–Kier alpha value is -1.16. The van der Waals surface area contributed by atoms with E-state index in [0.29, 0.717) is 30.5 Å². The van der Waals surface area contributed by atoms with Crippen LogP contribution in [0.15, 0.2) is 24.0 Å². The van der Waals surface area contributed by atoms with Crippen LogP contribution in [-0.2, 0) is 18.9 Å². The van der Waals surface area contributed by atoms with Crippen molar-refractivity contribution in [2.45, 2.75) is 311 Å². The highest BCUT2D eigenvalue weighted by Gasteiger charge is 2.23. The van der Waals surface area contributed by atoms with Gasteiger partial charge in [-0.2, -0.15) is 0 Å². The molecule has 7 saturated heterocycles. The lowest BCUT2D eigenvalue weighted by Gasteiger charge is -2.34. The van der Waals surface area contributed by atoms with Crippen molar-refractivity contribution in [2.75, 3.05) is 152 Å². The van der Waals surface area contributed by atoms with E-state index in [0.717, 1.165) is 125 Å². The van der Waals surface area contributed by atoms with E-state index in [1.54, 1.807) is 5.57 Å². The highest BCUT2D eigenvalue weighted by molar-refractivity contribution is 5.06. The molecule has 93 heavy (non-hydrogen) atoms. The Labute approximate surface area is 589 Å². The largest absolute Gasteiger partial charge is 0.501 e. The maximum Gasteiger partial charge on any atom is 0.0878 e. The number of likely N-dealkylation sites (N-methyl/N-ethyl adjacent to an activating group) is 1. The Balaban J connectivity index is -0.000000144. The lowest BCUT2D eigenvalue weighted by Crippen LogP contribution is -2.47. The first-order valence-corrected chi connectivity index (χ1v) is 35.8. The molecule has 0 bridgehead atoms. The minimum Gasteiger partial charge on any atom is -0.501 e. The van der Waals surface area contributed by atoms with Crippen LogP contribution in [0, 0.1) is 47.3 Å². The van der Waals surface area contributed by atoms with E-state index in [-0.39, 0.29) is 59.4 Å². The molecule has 9 aliphatic rings. The molecule has 9 rings (SSSR count). The molecule has 0 aromatic heterocycles. The molecule has 0 aromatic carbocycles. The molecule has 570 valence electrons. The summed E-state index contributed by atoms with van der Waals surface area (Å²) < 4.78 is 20.7. The van der Waals surface area contributed by atoms with Crippen LogP contribution in [0.4, 0.5) is 0 Å². The minimum absolute atomic E-state index is 0. The molecular formula is C81H181N7O5. The average molecular weight is 1330 g/mol. The van der Waals surface area contributed by atoms with E-state index in [4.69, 9.17) is 24.1 Å². The predicted molar refractivity (Wildman–Crippen MR) is 423 cm³/mol. The fraction of sp³-hybridized carbons (Fsp3) is 0.951. The van der Waals surface area contributed by atoms with Crippen LogP contribution in [0.25, 0.3) is 0 Å². The van der Waals surface area contributed by atoms with Crippen molar-refractivity contribution < 1.29 is 24.1 Å². The van der Waals surface area contributed by atoms with Crippen molar-refractivity contribution in [1.29, 1.82) is 0 Å². The van der Waals surface area contributed by atoms with Gasteiger partial charge in [-0.25, -0.2) is 0 Å². The quantitative estimate of drug-likeness (QED) is 0.212. The van der Waals surface area contributed by atoms with Crippen LogP contribution >= 0.6 is 0 Å². The van der Waals surface area contributed by atoms with Gasteiger partial charge in [-0.15, -0.1) is 0 Å². The molecule has 7 fully saturated rings. The van der Waals surface area contributed by atoms with E-state index in [9.17, 15) is 0 Å². The Morgan fingerprint density at radius 1 is 0.409 bits per heavy atom. The van der Waals surface area contributed by atoms with Crippen LogP contribution in [0.2, 0.25) is 0 Å². The zero-order valence-corrected chi connectivity index (χ0v) is 60.6. The number of likely N-dealkylation sites (tertiary alicyclic amines) is 4. The van der Waals surface area contributed by atoms with Gasteiger partial charge in [0.1, 0.15) is 0 Å². The molecule has 9 aliphatic heterocycles. The van der Waals surface area contributed by atoms with Crippen molar-refractivity contribution in [3.8, 4) is 0 Å². The number of ether oxygens (including phenoxy) is 4. The van der Waals surface area contributed by atoms with Gasteiger partial charge in [0, 0.05) is 102 Å². The summed E-state index contributed by atoms with van der Waals surface area (Å²) in [5, 5.41) is 8.90. The van der Waals surface area contributed by atoms with Crippen molar-refractivity contribution in [3.05, 3.63) is 24.0 Å². The molecule has 2 unspecified atom stereocenters. The Bertz CT molecular complexity index is 1460. The lowest BCUT2D eigenvalue weighted by atomic mass is 9.89. The number of hydrogen-bond acceptors (Lipinski definition) is 12. The fourth-order valence-electron chi connectivity index (χ4n) is 12.0. The summed E-state index contributed by atoms with van der Waals surface area (Å²) in [6.45, 7) is 69.7. The monoisotopic (exact) mass is 1330 g/mol. The number of allylic oxidation sites excluding steroid dienone is 1. The summed E-state index contributed by atoms with van der Waals surface area (Å²) in [5.41, 5.74) is 1.56. The van der Waals surface area contributed by atoms with Gasteiger partial charge in [0.15, 0.2) is 0 Å². The molecule has 2 atom stereocenters. The predicted octanol–water partition coefficient (Wildman–Crippen LogP) is 19.6. The normalized spacial score (nSPS) is 21.9. The smallest absolute Gasteiger partial charge is 0.0878 e. The van der Waals surface area contributed by atoms with Crippen molar-refractivity contribution >= 4 is 0 Å². The molecule has 1 N–H and O–H groups in total. The molecular weight excluding hydrogens is 1150 g/mol. The first-order chi connectivity index (χ1) is 40.4. The summed E-state index contributed by atoms with van der Waals surface area (Å²) in [6, 6.07) is 4.38. The number of nitrogens with zero attached hydrogens (tertiary/aromatic N) is 7. The van der Waals surface area contributed by atoms with Crippen LogP contribution < -0.4 is 0 Å².